The van der Waals surface area contributed by atoms with E-state index in [1.54, 1.807) is 19.2 Å². The Hall–Kier alpha value is -3.33. The van der Waals surface area contributed by atoms with Gasteiger partial charge in [-0.2, -0.15) is 0 Å². The minimum absolute atomic E-state index is 0.0200. The number of hydrogen-bond donors (Lipinski definition) is 6. The molecule has 1 fully saturated rings. The Bertz CT molecular complexity index is 1350. The number of nitrogens with zero attached hydrogens (tertiary/aromatic N) is 3. The molecule has 0 aliphatic carbocycles. The second kappa shape index (κ2) is 8.79. The lowest BCUT2D eigenvalue weighted by atomic mass is 10.1. The lowest BCUT2D eigenvalue weighted by Gasteiger charge is -2.20. The highest BCUT2D eigenvalue weighted by Crippen LogP contribution is 2.38. The molecule has 16 heteroatoms. The zero-order valence-corrected chi connectivity index (χ0v) is 18.5. The standard InChI is InChI=1S/C18H21N6O9P/c1-23-7-24(14-11(23)15(26)22-18(20)21-14)16-12(25)13(10(32-16)6-31-34(28,29)30)33-17(27)8-4-2-3-5-9(8)19/h2-5,7,10,12-13,16,25H,6H2,1H3,(H6-,19,20,21,22,26,27,28,29,30)/p+1/t10-,12-,13-,16-/m1/s1. The summed E-state index contributed by atoms with van der Waals surface area (Å²) in [6.07, 6.45) is -4.17. The van der Waals surface area contributed by atoms with E-state index in [9.17, 15) is 19.3 Å². The van der Waals surface area contributed by atoms with E-state index in [0.717, 1.165) is 0 Å². The van der Waals surface area contributed by atoms with Crippen LogP contribution in [0.1, 0.15) is 16.6 Å². The maximum absolute atomic E-state index is 12.7. The van der Waals surface area contributed by atoms with Gasteiger partial charge in [-0.15, -0.1) is 0 Å². The molecule has 182 valence electrons. The number of aliphatic hydroxyl groups excluding tert-OH is 1. The van der Waals surface area contributed by atoms with Gasteiger partial charge in [0.05, 0.1) is 19.2 Å². The molecule has 0 bridgehead atoms. The molecule has 0 saturated carbocycles. The predicted octanol–water partition coefficient (Wildman–Crippen LogP) is -1.69. The molecule has 4 rings (SSSR count). The number of aromatic amines is 1. The first kappa shape index (κ1) is 23.8. The third-order valence-electron chi connectivity index (χ3n) is 5.20. The molecule has 34 heavy (non-hydrogen) atoms. The average Bonchev–Trinajstić information content (AvgIpc) is 3.23. The van der Waals surface area contributed by atoms with E-state index in [2.05, 4.69) is 14.5 Å². The summed E-state index contributed by atoms with van der Waals surface area (Å²) in [5.74, 6) is -1.08. The van der Waals surface area contributed by atoms with Gasteiger partial charge in [-0.3, -0.25) is 18.9 Å². The van der Waals surface area contributed by atoms with Crippen LogP contribution in [0.2, 0.25) is 0 Å². The molecule has 2 aromatic heterocycles. The molecule has 1 aromatic carbocycles. The molecule has 4 atom stereocenters. The van der Waals surface area contributed by atoms with Crippen molar-refractivity contribution < 1.29 is 42.8 Å². The quantitative estimate of drug-likeness (QED) is 0.0969. The highest BCUT2D eigenvalue weighted by molar-refractivity contribution is 7.46. The molecule has 1 saturated heterocycles. The van der Waals surface area contributed by atoms with Crippen LogP contribution < -0.4 is 21.6 Å². The summed E-state index contributed by atoms with van der Waals surface area (Å²) >= 11 is 0. The largest absolute Gasteiger partial charge is 0.469 e. The molecule has 0 spiro atoms. The van der Waals surface area contributed by atoms with Crippen LogP contribution in [-0.2, 0) is 25.6 Å². The number of H-pyrrole nitrogens is 1. The maximum atomic E-state index is 12.7. The second-order valence-electron chi connectivity index (χ2n) is 7.56. The summed E-state index contributed by atoms with van der Waals surface area (Å²) < 4.78 is 29.7. The van der Waals surface area contributed by atoms with E-state index in [4.69, 9.17) is 30.7 Å². The zero-order valence-electron chi connectivity index (χ0n) is 17.6. The Morgan fingerprint density at radius 2 is 2.06 bits per heavy atom. The van der Waals surface area contributed by atoms with Gasteiger partial charge in [0.1, 0.15) is 6.10 Å². The SMILES string of the molecule is Cn1c[n+]([C@@H]2O[C@H](COP(=O)(O)O)[C@@H](OC(=O)c3ccccc3N)[C@H]2O)c2nc(N)[nH]c(=O)c21. The highest BCUT2D eigenvalue weighted by atomic mass is 31.2. The van der Waals surface area contributed by atoms with Gasteiger partial charge in [0, 0.05) is 5.69 Å². The molecule has 0 radical (unpaired) electrons. The third kappa shape index (κ3) is 4.52. The van der Waals surface area contributed by atoms with Crippen molar-refractivity contribution in [1.82, 2.24) is 14.5 Å². The number of phosphoric acid groups is 1. The van der Waals surface area contributed by atoms with Gasteiger partial charge in [-0.05, 0) is 12.1 Å². The molecule has 1 aliphatic rings. The van der Waals surface area contributed by atoms with Gasteiger partial charge in [0.25, 0.3) is 11.5 Å². The van der Waals surface area contributed by atoms with E-state index in [0.29, 0.717) is 0 Å². The number of benzene rings is 1. The molecule has 1 aliphatic heterocycles. The predicted molar refractivity (Wildman–Crippen MR) is 114 cm³/mol. The number of carbonyl (C=O) groups is 1. The second-order valence-corrected chi connectivity index (χ2v) is 8.80. The summed E-state index contributed by atoms with van der Waals surface area (Å²) in [7, 11) is -3.36. The number of nitrogen functional groups attached to an aromatic ring is 2. The topological polar surface area (TPSA) is 229 Å². The third-order valence-corrected chi connectivity index (χ3v) is 5.69. The van der Waals surface area contributed by atoms with Crippen LogP contribution in [0.5, 0.6) is 0 Å². The Balaban J connectivity index is 1.70. The minimum atomic E-state index is -4.91. The lowest BCUT2D eigenvalue weighted by Crippen LogP contribution is -2.47. The number of imidazole rings is 1. The molecular formula is C18H22N6O9P+. The van der Waals surface area contributed by atoms with Gasteiger partial charge in [0.2, 0.25) is 11.7 Å². The number of para-hydroxylation sites is 1. The molecule has 3 heterocycles. The van der Waals surface area contributed by atoms with Crippen molar-refractivity contribution in [2.75, 3.05) is 18.1 Å². The van der Waals surface area contributed by atoms with Gasteiger partial charge >= 0.3 is 19.4 Å². The number of ether oxygens (including phenoxy) is 2. The molecule has 0 amide bonds. The molecule has 0 unspecified atom stereocenters. The number of esters is 1. The van der Waals surface area contributed by atoms with Gasteiger partial charge in [0.15, 0.2) is 18.5 Å². The number of hydrogen-bond acceptors (Lipinski definition) is 10. The van der Waals surface area contributed by atoms with Crippen LogP contribution in [0.3, 0.4) is 0 Å². The number of phosphoric ester groups is 1. The fraction of sp³-hybridized carbons (Fsp3) is 0.333. The van der Waals surface area contributed by atoms with Crippen LogP contribution in [0.15, 0.2) is 35.4 Å². The van der Waals surface area contributed by atoms with Gasteiger partial charge in [-0.25, -0.2) is 13.9 Å². The lowest BCUT2D eigenvalue weighted by molar-refractivity contribution is -0.745. The minimum Gasteiger partial charge on any atom is -0.453 e. The van der Waals surface area contributed by atoms with E-state index in [-0.39, 0.29) is 28.4 Å². The monoisotopic (exact) mass is 497 g/mol. The summed E-state index contributed by atoms with van der Waals surface area (Å²) in [5.41, 5.74) is 11.2. The number of fused-ring (bicyclic) bond motifs is 1. The Kier molecular flexibility index (Phi) is 6.16. The van der Waals surface area contributed by atoms with E-state index < -0.39 is 50.5 Å². The summed E-state index contributed by atoms with van der Waals surface area (Å²) in [6.45, 7) is -0.721. The van der Waals surface area contributed by atoms with Crippen molar-refractivity contribution >= 4 is 36.6 Å². The number of rotatable bonds is 6. The van der Waals surface area contributed by atoms with Crippen LogP contribution in [0, 0.1) is 0 Å². The number of aromatic nitrogens is 4. The Morgan fingerprint density at radius 3 is 2.74 bits per heavy atom. The van der Waals surface area contributed by atoms with Crippen LogP contribution in [0.4, 0.5) is 11.6 Å². The molecule has 8 N–H and O–H groups in total. The van der Waals surface area contributed by atoms with E-state index in [1.165, 1.54) is 27.6 Å². The molecule has 15 nitrogen and oxygen atoms in total. The smallest absolute Gasteiger partial charge is 0.453 e. The summed E-state index contributed by atoms with van der Waals surface area (Å²) in [4.78, 5) is 49.6. The van der Waals surface area contributed by atoms with Crippen molar-refractivity contribution in [2.24, 2.45) is 7.05 Å². The number of anilines is 2. The zero-order chi connectivity index (χ0) is 24.8. The van der Waals surface area contributed by atoms with Crippen LogP contribution >= 0.6 is 7.82 Å². The van der Waals surface area contributed by atoms with Gasteiger partial charge in [-0.1, -0.05) is 17.1 Å². The molecule has 3 aromatic rings. The average molecular weight is 497 g/mol. The Labute approximate surface area is 190 Å². The first-order valence-electron chi connectivity index (χ1n) is 9.81. The highest BCUT2D eigenvalue weighted by Gasteiger charge is 2.50. The number of carbonyl (C=O) groups excluding carboxylic acids is 1. The number of nitrogens with two attached hydrogens (primary N) is 2. The normalized spacial score (nSPS) is 22.8. The Morgan fingerprint density at radius 1 is 1.35 bits per heavy atom. The first-order chi connectivity index (χ1) is 16.0. The fourth-order valence-electron chi connectivity index (χ4n) is 3.72. The van der Waals surface area contributed by atoms with Crippen molar-refractivity contribution in [3.63, 3.8) is 0 Å². The number of aryl methyl sites for hydroxylation is 1. The summed E-state index contributed by atoms with van der Waals surface area (Å²) in [5, 5.41) is 11.0. The number of aliphatic hydroxyl groups is 1. The van der Waals surface area contributed by atoms with Gasteiger partial charge < -0.3 is 35.8 Å². The van der Waals surface area contributed by atoms with Crippen molar-refractivity contribution in [3.05, 3.63) is 46.5 Å². The van der Waals surface area contributed by atoms with E-state index in [1.807, 2.05) is 0 Å². The molecular weight excluding hydrogens is 475 g/mol. The van der Waals surface area contributed by atoms with Crippen molar-refractivity contribution in [2.45, 2.75) is 24.5 Å². The van der Waals surface area contributed by atoms with Crippen LogP contribution in [-0.4, -0.2) is 60.3 Å². The fourth-order valence-corrected chi connectivity index (χ4v) is 4.07. The number of nitrogens with one attached hydrogen (secondary N) is 1. The van der Waals surface area contributed by atoms with Crippen molar-refractivity contribution in [1.29, 1.82) is 0 Å². The summed E-state index contributed by atoms with van der Waals surface area (Å²) in [6, 6.07) is 6.07. The first-order valence-corrected chi connectivity index (χ1v) is 11.3. The maximum Gasteiger partial charge on any atom is 0.469 e. The van der Waals surface area contributed by atoms with Crippen molar-refractivity contribution in [3.8, 4) is 0 Å². The van der Waals surface area contributed by atoms with Crippen LogP contribution in [0.25, 0.3) is 11.2 Å². The van der Waals surface area contributed by atoms with E-state index >= 15 is 0 Å².